The number of aromatic hydroxyl groups is 1. The first-order chi connectivity index (χ1) is 17.0. The Bertz CT molecular complexity index is 1140. The van der Waals surface area contributed by atoms with E-state index in [-0.39, 0.29) is 39.8 Å². The summed E-state index contributed by atoms with van der Waals surface area (Å²) in [6.45, 7) is 11.0. The number of alkyl halides is 6. The highest BCUT2D eigenvalue weighted by Gasteiger charge is 2.57. The van der Waals surface area contributed by atoms with Crippen LogP contribution in [0.15, 0.2) is 36.4 Å². The van der Waals surface area contributed by atoms with E-state index in [4.69, 9.17) is 9.16 Å². The number of phenolic OH excluding ortho intramolecular Hbond substituents is 1. The molecular weight excluding hydrogens is 534 g/mol. The Labute approximate surface area is 219 Å². The van der Waals surface area contributed by atoms with Gasteiger partial charge in [0.1, 0.15) is 11.5 Å². The molecule has 0 saturated carbocycles. The van der Waals surface area contributed by atoms with Crippen LogP contribution in [-0.2, 0) is 29.2 Å². The largest absolute Gasteiger partial charge is 0.543 e. The molecular formula is C26H34F6O5Si. The Morgan fingerprint density at radius 3 is 2.03 bits per heavy atom. The molecule has 0 fully saturated rings. The van der Waals surface area contributed by atoms with Crippen LogP contribution in [0.25, 0.3) is 0 Å². The minimum Gasteiger partial charge on any atom is -0.543 e. The van der Waals surface area contributed by atoms with Crippen molar-refractivity contribution in [2.24, 2.45) is 0 Å². The molecule has 2 aromatic carbocycles. The summed E-state index contributed by atoms with van der Waals surface area (Å²) in [5.74, 6) is 0.0861. The van der Waals surface area contributed by atoms with Crippen molar-refractivity contribution in [3.8, 4) is 11.5 Å². The Morgan fingerprint density at radius 2 is 1.55 bits per heavy atom. The zero-order chi connectivity index (χ0) is 29.5. The summed E-state index contributed by atoms with van der Waals surface area (Å²) >= 11 is 0. The van der Waals surface area contributed by atoms with Gasteiger partial charge in [-0.05, 0) is 67.4 Å². The molecule has 0 radical (unpaired) electrons. The van der Waals surface area contributed by atoms with Gasteiger partial charge in [-0.25, -0.2) is 0 Å². The van der Waals surface area contributed by atoms with Gasteiger partial charge >= 0.3 is 12.4 Å². The van der Waals surface area contributed by atoms with E-state index in [2.05, 4.69) is 0 Å². The predicted molar refractivity (Wildman–Crippen MR) is 132 cm³/mol. The SMILES string of the molecule is CC(O)(c1cc(O[Si](C)(C)C(C)(C)C)ccc1CO)C(F)(F)F.CC1(C(F)(F)F)OCc2ccc(O)cc21. The van der Waals surface area contributed by atoms with Crippen molar-refractivity contribution in [1.82, 2.24) is 0 Å². The maximum absolute atomic E-state index is 13.1. The Morgan fingerprint density at radius 1 is 0.974 bits per heavy atom. The van der Waals surface area contributed by atoms with Gasteiger partial charge in [0, 0.05) is 11.1 Å². The van der Waals surface area contributed by atoms with Gasteiger partial charge < -0.3 is 24.5 Å². The maximum Gasteiger partial charge on any atom is 0.421 e. The lowest BCUT2D eigenvalue weighted by Gasteiger charge is -2.37. The van der Waals surface area contributed by atoms with Gasteiger partial charge in [-0.3, -0.25) is 0 Å². The second-order valence-corrected chi connectivity index (χ2v) is 15.8. The fourth-order valence-corrected chi connectivity index (χ4v) is 4.50. The number of halogens is 6. The highest BCUT2D eigenvalue weighted by atomic mass is 28.4. The molecule has 3 N–H and O–H groups in total. The van der Waals surface area contributed by atoms with Crippen molar-refractivity contribution in [1.29, 1.82) is 0 Å². The molecule has 2 aromatic rings. The van der Waals surface area contributed by atoms with Gasteiger partial charge in [-0.1, -0.05) is 32.9 Å². The second kappa shape index (κ2) is 10.4. The molecule has 2 atom stereocenters. The van der Waals surface area contributed by atoms with E-state index in [1.807, 2.05) is 33.9 Å². The van der Waals surface area contributed by atoms with E-state index in [0.29, 0.717) is 12.5 Å². The average Bonchev–Trinajstić information content (AvgIpc) is 3.09. The minimum atomic E-state index is -4.85. The summed E-state index contributed by atoms with van der Waals surface area (Å²) in [5, 5.41) is 28.3. The van der Waals surface area contributed by atoms with Crippen LogP contribution in [0.2, 0.25) is 18.1 Å². The summed E-state index contributed by atoms with van der Waals surface area (Å²) in [6.07, 6.45) is -9.33. The third-order valence-corrected chi connectivity index (χ3v) is 11.5. The molecule has 38 heavy (non-hydrogen) atoms. The molecule has 0 aliphatic carbocycles. The number of fused-ring (bicyclic) bond motifs is 1. The smallest absolute Gasteiger partial charge is 0.421 e. The number of phenols is 1. The number of benzene rings is 2. The molecule has 0 spiro atoms. The highest BCUT2D eigenvalue weighted by molar-refractivity contribution is 6.74. The Balaban J connectivity index is 0.000000290. The van der Waals surface area contributed by atoms with Crippen LogP contribution in [0, 0.1) is 0 Å². The zero-order valence-electron chi connectivity index (χ0n) is 22.3. The second-order valence-electron chi connectivity index (χ2n) is 11.1. The maximum atomic E-state index is 13.1. The van der Waals surface area contributed by atoms with Crippen LogP contribution in [0.4, 0.5) is 26.3 Å². The van der Waals surface area contributed by atoms with Gasteiger partial charge in [-0.2, -0.15) is 26.3 Å². The molecule has 1 aliphatic heterocycles. The number of rotatable bonds is 4. The predicted octanol–water partition coefficient (Wildman–Crippen LogP) is 7.03. The summed E-state index contributed by atoms with van der Waals surface area (Å²) in [5.41, 5.74) is -5.26. The lowest BCUT2D eigenvalue weighted by Crippen LogP contribution is -2.44. The first kappa shape index (κ1) is 31.9. The van der Waals surface area contributed by atoms with Crippen LogP contribution >= 0.6 is 0 Å². The van der Waals surface area contributed by atoms with Gasteiger partial charge in [0.25, 0.3) is 0 Å². The van der Waals surface area contributed by atoms with Crippen molar-refractivity contribution in [3.63, 3.8) is 0 Å². The van der Waals surface area contributed by atoms with E-state index < -0.39 is 38.5 Å². The van der Waals surface area contributed by atoms with Crippen molar-refractivity contribution in [2.45, 2.75) is 89.5 Å². The molecule has 1 heterocycles. The minimum absolute atomic E-state index is 0.00463. The normalized spacial score (nSPS) is 19.8. The van der Waals surface area contributed by atoms with Gasteiger partial charge in [0.05, 0.1) is 13.2 Å². The molecule has 214 valence electrons. The number of hydrogen-bond donors (Lipinski definition) is 3. The van der Waals surface area contributed by atoms with Crippen molar-refractivity contribution >= 4 is 8.32 Å². The molecule has 0 aromatic heterocycles. The molecule has 3 rings (SSSR count). The zero-order valence-corrected chi connectivity index (χ0v) is 23.3. The van der Waals surface area contributed by atoms with Crippen LogP contribution in [0.3, 0.4) is 0 Å². The van der Waals surface area contributed by atoms with E-state index in [1.54, 1.807) is 0 Å². The lowest BCUT2D eigenvalue weighted by atomic mass is 9.91. The standard InChI is InChI=1S/C16H25F3O3Si.C10H9F3O2/c1-14(2,3)23(5,6)22-12-8-7-11(10-20)13(9-12)15(4,21)16(17,18)19;1-9(10(11,12)13)8-4-7(14)3-2-6(8)5-15-9/h7-9,20-21H,10H2,1-6H3;2-4,14H,5H2,1H3. The number of hydrogen-bond acceptors (Lipinski definition) is 5. The Kier molecular flexibility index (Phi) is 8.71. The monoisotopic (exact) mass is 568 g/mol. The van der Waals surface area contributed by atoms with Crippen LogP contribution in [0.1, 0.15) is 56.9 Å². The summed E-state index contributed by atoms with van der Waals surface area (Å²) < 4.78 is 88.4. The average molecular weight is 569 g/mol. The summed E-state index contributed by atoms with van der Waals surface area (Å²) in [7, 11) is -2.23. The molecule has 2 unspecified atom stereocenters. The molecule has 0 saturated heterocycles. The number of aliphatic hydroxyl groups is 2. The van der Waals surface area contributed by atoms with Crippen molar-refractivity contribution < 1.29 is 50.8 Å². The molecule has 1 aliphatic rings. The van der Waals surface area contributed by atoms with Gasteiger partial charge in [0.2, 0.25) is 8.32 Å². The summed E-state index contributed by atoms with van der Waals surface area (Å²) in [6, 6.07) is 7.97. The highest BCUT2D eigenvalue weighted by Crippen LogP contribution is 2.48. The molecule has 5 nitrogen and oxygen atoms in total. The number of ether oxygens (including phenoxy) is 1. The van der Waals surface area contributed by atoms with E-state index in [9.17, 15) is 41.7 Å². The number of aliphatic hydroxyl groups excluding tert-OH is 1. The lowest BCUT2D eigenvalue weighted by molar-refractivity contribution is -0.272. The van der Waals surface area contributed by atoms with E-state index in [1.165, 1.54) is 30.3 Å². The topological polar surface area (TPSA) is 79.2 Å². The molecule has 12 heteroatoms. The third kappa shape index (κ3) is 6.30. The molecule has 0 amide bonds. The van der Waals surface area contributed by atoms with Gasteiger partial charge in [0.15, 0.2) is 11.2 Å². The van der Waals surface area contributed by atoms with Crippen LogP contribution in [0.5, 0.6) is 11.5 Å². The van der Waals surface area contributed by atoms with E-state index >= 15 is 0 Å². The first-order valence-corrected chi connectivity index (χ1v) is 14.6. The fourth-order valence-electron chi connectivity index (χ4n) is 3.48. The van der Waals surface area contributed by atoms with Crippen LogP contribution in [-0.4, -0.2) is 36.0 Å². The summed E-state index contributed by atoms with van der Waals surface area (Å²) in [4.78, 5) is 0. The quantitative estimate of drug-likeness (QED) is 0.273. The molecule has 0 bridgehead atoms. The van der Waals surface area contributed by atoms with Gasteiger partial charge in [-0.15, -0.1) is 0 Å². The Hall–Kier alpha value is -2.28. The van der Waals surface area contributed by atoms with E-state index in [0.717, 1.165) is 13.0 Å². The third-order valence-electron chi connectivity index (χ3n) is 7.17. The van der Waals surface area contributed by atoms with Crippen molar-refractivity contribution in [2.75, 3.05) is 0 Å². The fraction of sp³-hybridized carbons (Fsp3) is 0.538. The first-order valence-electron chi connectivity index (χ1n) is 11.7. The van der Waals surface area contributed by atoms with Crippen molar-refractivity contribution in [3.05, 3.63) is 58.7 Å². The van der Waals surface area contributed by atoms with Crippen LogP contribution < -0.4 is 4.43 Å².